The average Bonchev–Trinajstić information content (AvgIpc) is 1.49. The molecule has 0 spiro atoms. The van der Waals surface area contributed by atoms with Crippen molar-refractivity contribution in [1.82, 2.24) is 5.32 Å². The summed E-state index contributed by atoms with van der Waals surface area (Å²) in [5.74, 6) is 0. The van der Waals surface area contributed by atoms with Crippen LogP contribution in [-0.2, 0) is 5.11 Å². The molecule has 0 amide bonds. The largest absolute Gasteiger partial charge is 0.307 e. The average molecular weight is 156 g/mol. The highest BCUT2D eigenvalue weighted by molar-refractivity contribution is 4.96. The molecule has 1 radical (unpaired) electrons. The molecular formula is C9H18NO. The summed E-state index contributed by atoms with van der Waals surface area (Å²) in [6.45, 7) is 8.38. The van der Waals surface area contributed by atoms with E-state index in [1.807, 2.05) is 0 Å². The lowest BCUT2D eigenvalue weighted by atomic mass is 9.81. The molecule has 1 aliphatic heterocycles. The van der Waals surface area contributed by atoms with E-state index in [4.69, 9.17) is 0 Å². The fraction of sp³-hybridized carbons (Fsp3) is 1.00. The number of rotatable bonds is 0. The van der Waals surface area contributed by atoms with Gasteiger partial charge in [-0.2, -0.15) is 0 Å². The van der Waals surface area contributed by atoms with Crippen LogP contribution >= 0.6 is 0 Å². The standard InChI is InChI=1S/C9H18NO/c1-8(2)5-7(11)6-9(3,4)10-8/h7,10H,5-6H2,1-4H3. The summed E-state index contributed by atoms with van der Waals surface area (Å²) in [4.78, 5) is 0. The zero-order chi connectivity index (χ0) is 8.70. The number of hydrogen-bond acceptors (Lipinski definition) is 1. The molecule has 0 aliphatic carbocycles. The van der Waals surface area contributed by atoms with Gasteiger partial charge in [0.2, 0.25) is 0 Å². The molecule has 0 aromatic heterocycles. The first-order valence-corrected chi connectivity index (χ1v) is 4.26. The fourth-order valence-corrected chi connectivity index (χ4v) is 2.23. The van der Waals surface area contributed by atoms with Crippen molar-refractivity contribution in [2.45, 2.75) is 57.7 Å². The maximum atomic E-state index is 11.3. The molecule has 2 nitrogen and oxygen atoms in total. The topological polar surface area (TPSA) is 31.9 Å². The minimum absolute atomic E-state index is 0.0220. The van der Waals surface area contributed by atoms with Crippen LogP contribution in [0.5, 0.6) is 0 Å². The second-order valence-electron chi connectivity index (χ2n) is 4.92. The van der Waals surface area contributed by atoms with Crippen LogP contribution in [0.4, 0.5) is 0 Å². The summed E-state index contributed by atoms with van der Waals surface area (Å²) >= 11 is 0. The lowest BCUT2D eigenvalue weighted by Gasteiger charge is -2.44. The van der Waals surface area contributed by atoms with E-state index >= 15 is 0 Å². The SMILES string of the molecule is CC1(C)CC([O])CC(C)(C)N1. The summed E-state index contributed by atoms with van der Waals surface area (Å²) in [6.07, 6.45) is 1.11. The molecule has 2 heteroatoms. The second kappa shape index (κ2) is 2.46. The summed E-state index contributed by atoms with van der Waals surface area (Å²) in [7, 11) is 0. The van der Waals surface area contributed by atoms with Gasteiger partial charge in [-0.25, -0.2) is 5.11 Å². The minimum Gasteiger partial charge on any atom is -0.307 e. The Kier molecular flexibility index (Phi) is 2.01. The van der Waals surface area contributed by atoms with Crippen LogP contribution in [0.2, 0.25) is 0 Å². The Labute approximate surface area is 69.0 Å². The second-order valence-corrected chi connectivity index (χ2v) is 4.92. The first kappa shape index (κ1) is 9.01. The molecule has 0 aromatic rings. The van der Waals surface area contributed by atoms with E-state index in [1.54, 1.807) is 0 Å². The number of piperidine rings is 1. The third-order valence-corrected chi connectivity index (χ3v) is 2.15. The quantitative estimate of drug-likeness (QED) is 0.569. The van der Waals surface area contributed by atoms with E-state index in [0.717, 1.165) is 12.8 Å². The molecule has 1 N–H and O–H groups in total. The van der Waals surface area contributed by atoms with Gasteiger partial charge < -0.3 is 5.32 Å². The van der Waals surface area contributed by atoms with Crippen LogP contribution in [0.25, 0.3) is 0 Å². The van der Waals surface area contributed by atoms with Crippen LogP contribution in [-0.4, -0.2) is 17.2 Å². The van der Waals surface area contributed by atoms with Crippen molar-refractivity contribution in [3.63, 3.8) is 0 Å². The monoisotopic (exact) mass is 156 g/mol. The lowest BCUT2D eigenvalue weighted by Crippen LogP contribution is -2.58. The highest BCUT2D eigenvalue weighted by Gasteiger charge is 2.37. The highest BCUT2D eigenvalue weighted by atomic mass is 16.3. The van der Waals surface area contributed by atoms with E-state index in [9.17, 15) is 5.11 Å². The summed E-state index contributed by atoms with van der Waals surface area (Å²) < 4.78 is 0. The first-order chi connectivity index (χ1) is 4.81. The number of hydrogen-bond donors (Lipinski definition) is 1. The molecule has 65 valence electrons. The third kappa shape index (κ3) is 2.46. The van der Waals surface area contributed by atoms with Crippen molar-refractivity contribution in [3.05, 3.63) is 0 Å². The van der Waals surface area contributed by atoms with Crippen LogP contribution in [0.15, 0.2) is 0 Å². The van der Waals surface area contributed by atoms with Gasteiger partial charge in [0.1, 0.15) is 0 Å². The smallest absolute Gasteiger partial charge is 0.0964 e. The molecule has 1 aliphatic rings. The van der Waals surface area contributed by atoms with Crippen molar-refractivity contribution in [3.8, 4) is 0 Å². The molecule has 0 saturated carbocycles. The third-order valence-electron chi connectivity index (χ3n) is 2.15. The zero-order valence-corrected chi connectivity index (χ0v) is 7.90. The van der Waals surface area contributed by atoms with Gasteiger partial charge in [-0.15, -0.1) is 0 Å². The Bertz CT molecular complexity index is 136. The van der Waals surface area contributed by atoms with Gasteiger partial charge >= 0.3 is 0 Å². The molecule has 11 heavy (non-hydrogen) atoms. The van der Waals surface area contributed by atoms with E-state index in [-0.39, 0.29) is 17.2 Å². The Morgan fingerprint density at radius 3 is 1.73 bits per heavy atom. The predicted octanol–water partition coefficient (Wildman–Crippen LogP) is 1.73. The van der Waals surface area contributed by atoms with Crippen LogP contribution in [0, 0.1) is 0 Å². The molecule has 0 bridgehead atoms. The van der Waals surface area contributed by atoms with E-state index in [0.29, 0.717) is 0 Å². The maximum absolute atomic E-state index is 11.3. The minimum atomic E-state index is -0.388. The summed E-state index contributed by atoms with van der Waals surface area (Å²) in [6, 6.07) is 0. The zero-order valence-electron chi connectivity index (χ0n) is 7.90. The first-order valence-electron chi connectivity index (χ1n) is 4.26. The van der Waals surface area contributed by atoms with Gasteiger partial charge in [0.25, 0.3) is 0 Å². The Hall–Kier alpha value is -0.0800. The normalized spacial score (nSPS) is 30.3. The molecule has 1 rings (SSSR count). The Balaban J connectivity index is 2.66. The van der Waals surface area contributed by atoms with E-state index < -0.39 is 0 Å². The van der Waals surface area contributed by atoms with Crippen LogP contribution in [0.1, 0.15) is 40.5 Å². The van der Waals surface area contributed by atoms with Crippen molar-refractivity contribution in [1.29, 1.82) is 0 Å². The van der Waals surface area contributed by atoms with E-state index in [2.05, 4.69) is 33.0 Å². The molecule has 1 fully saturated rings. The maximum Gasteiger partial charge on any atom is 0.0964 e. The van der Waals surface area contributed by atoms with Gasteiger partial charge in [-0.05, 0) is 40.5 Å². The molecule has 0 aromatic carbocycles. The van der Waals surface area contributed by atoms with Crippen molar-refractivity contribution in [2.24, 2.45) is 0 Å². The van der Waals surface area contributed by atoms with Gasteiger partial charge in [0.05, 0.1) is 6.10 Å². The number of nitrogens with one attached hydrogen (secondary N) is 1. The predicted molar refractivity (Wildman–Crippen MR) is 45.0 cm³/mol. The molecule has 1 saturated heterocycles. The summed E-state index contributed by atoms with van der Waals surface area (Å²) in [5, 5.41) is 14.8. The van der Waals surface area contributed by atoms with Gasteiger partial charge in [0.15, 0.2) is 0 Å². The van der Waals surface area contributed by atoms with Crippen molar-refractivity contribution in [2.75, 3.05) is 0 Å². The van der Waals surface area contributed by atoms with Gasteiger partial charge in [0, 0.05) is 11.1 Å². The van der Waals surface area contributed by atoms with E-state index in [1.165, 1.54) is 0 Å². The molecule has 0 unspecified atom stereocenters. The van der Waals surface area contributed by atoms with Crippen LogP contribution < -0.4 is 5.32 Å². The Morgan fingerprint density at radius 1 is 1.09 bits per heavy atom. The Morgan fingerprint density at radius 2 is 1.45 bits per heavy atom. The molecule has 1 heterocycles. The fourth-order valence-electron chi connectivity index (χ4n) is 2.23. The summed E-state index contributed by atoms with van der Waals surface area (Å²) in [5.41, 5.74) is 0.0440. The lowest BCUT2D eigenvalue weighted by molar-refractivity contribution is -0.00692. The van der Waals surface area contributed by atoms with Crippen molar-refractivity contribution >= 4 is 0 Å². The van der Waals surface area contributed by atoms with Crippen LogP contribution in [0.3, 0.4) is 0 Å². The van der Waals surface area contributed by atoms with Crippen molar-refractivity contribution < 1.29 is 5.11 Å². The highest BCUT2D eigenvalue weighted by Crippen LogP contribution is 2.28. The van der Waals surface area contributed by atoms with Gasteiger partial charge in [-0.3, -0.25) is 0 Å². The molecular weight excluding hydrogens is 138 g/mol. The molecule has 0 atom stereocenters. The van der Waals surface area contributed by atoms with Gasteiger partial charge in [-0.1, -0.05) is 0 Å².